The lowest BCUT2D eigenvalue weighted by Crippen LogP contribution is -2.55. The summed E-state index contributed by atoms with van der Waals surface area (Å²) in [5.41, 5.74) is 0.626. The van der Waals surface area contributed by atoms with Crippen LogP contribution >= 0.6 is 0 Å². The lowest BCUT2D eigenvalue weighted by atomic mass is 9.96. The Morgan fingerprint density at radius 3 is 1.67 bits per heavy atom. The van der Waals surface area contributed by atoms with Crippen molar-refractivity contribution in [1.29, 1.82) is 0 Å². The van der Waals surface area contributed by atoms with Crippen LogP contribution < -0.4 is 17.1 Å². The van der Waals surface area contributed by atoms with Crippen molar-refractivity contribution in [3.05, 3.63) is 91.1 Å². The van der Waals surface area contributed by atoms with Gasteiger partial charge in [0.05, 0.1) is 19.6 Å². The third-order valence-electron chi connectivity index (χ3n) is 4.27. The molecule has 0 amide bonds. The van der Waals surface area contributed by atoms with Crippen LogP contribution in [0.1, 0.15) is 27.0 Å². The second-order valence-electron chi connectivity index (χ2n) is 6.43. The van der Waals surface area contributed by atoms with Gasteiger partial charge in [0.1, 0.15) is 0 Å². The molecule has 0 saturated heterocycles. The molecule has 0 aliphatic heterocycles. The van der Waals surface area contributed by atoms with E-state index in [0.717, 1.165) is 30.4 Å². The molecule has 7 nitrogen and oxygen atoms in total. The summed E-state index contributed by atoms with van der Waals surface area (Å²) < 4.78 is 2.54. The zero-order valence-corrected chi connectivity index (χ0v) is 15.8. The Kier molecular flexibility index (Phi) is 5.95. The van der Waals surface area contributed by atoms with Crippen molar-refractivity contribution < 1.29 is 4.79 Å². The maximum atomic E-state index is 12.9. The van der Waals surface area contributed by atoms with Crippen LogP contribution in [0.2, 0.25) is 0 Å². The molecule has 0 unspecified atom stereocenters. The second kappa shape index (κ2) is 7.99. The minimum absolute atomic E-state index is 0.0636. The van der Waals surface area contributed by atoms with E-state index >= 15 is 0 Å². The molecule has 142 valence electrons. The Morgan fingerprint density at radius 2 is 1.26 bits per heavy atom. The van der Waals surface area contributed by atoms with Crippen molar-refractivity contribution in [2.45, 2.75) is 40.4 Å². The maximum absolute atomic E-state index is 12.9. The van der Waals surface area contributed by atoms with Gasteiger partial charge in [-0.1, -0.05) is 29.8 Å². The highest BCUT2D eigenvalue weighted by atomic mass is 16.2. The Balaban J connectivity index is 2.66. The molecule has 0 radical (unpaired) electrons. The molecule has 1 aromatic carbocycles. The highest BCUT2D eigenvalue weighted by molar-refractivity contribution is 5.98. The van der Waals surface area contributed by atoms with E-state index < -0.39 is 23.6 Å². The molecular weight excluding hydrogens is 346 g/mol. The molecule has 2 aromatic rings. The van der Waals surface area contributed by atoms with E-state index in [-0.39, 0.29) is 18.9 Å². The van der Waals surface area contributed by atoms with Crippen LogP contribution in [0.15, 0.2) is 51.8 Å². The average molecular weight is 369 g/mol. The smallest absolute Gasteiger partial charge is 0.292 e. The number of rotatable bonds is 7. The number of aryl methyl sites for hydroxylation is 3. The molecule has 2 rings (SSSR count). The van der Waals surface area contributed by atoms with Crippen LogP contribution in [-0.2, 0) is 19.6 Å². The highest BCUT2D eigenvalue weighted by Gasteiger charge is 2.19. The number of carbonyl (C=O) groups is 1. The first-order valence-corrected chi connectivity index (χ1v) is 8.50. The van der Waals surface area contributed by atoms with Gasteiger partial charge in [-0.05, 0) is 31.9 Å². The summed E-state index contributed by atoms with van der Waals surface area (Å²) in [6.45, 7) is 12.0. The fourth-order valence-electron chi connectivity index (χ4n) is 3.23. The molecule has 1 aromatic heterocycles. The summed E-state index contributed by atoms with van der Waals surface area (Å²) in [7, 11) is 0. The second-order valence-corrected chi connectivity index (χ2v) is 6.43. The molecule has 0 spiro atoms. The SMILES string of the molecule is C=CCn1c(=O)n(CC=C)c(=O)n(CC(=O)c2c(C)cc(C)cc2C)c1=O. The van der Waals surface area contributed by atoms with Gasteiger partial charge in [0.25, 0.3) is 0 Å². The third kappa shape index (κ3) is 3.81. The van der Waals surface area contributed by atoms with Gasteiger partial charge < -0.3 is 0 Å². The van der Waals surface area contributed by atoms with Gasteiger partial charge in [0.15, 0.2) is 5.78 Å². The first-order chi connectivity index (χ1) is 12.7. The molecule has 0 bridgehead atoms. The predicted molar refractivity (Wildman–Crippen MR) is 105 cm³/mol. The first-order valence-electron chi connectivity index (χ1n) is 8.50. The Labute approximate surface area is 156 Å². The largest absolute Gasteiger partial charge is 0.337 e. The van der Waals surface area contributed by atoms with E-state index in [9.17, 15) is 19.2 Å². The van der Waals surface area contributed by atoms with Gasteiger partial charge in [-0.3, -0.25) is 4.79 Å². The monoisotopic (exact) mass is 369 g/mol. The Morgan fingerprint density at radius 1 is 0.852 bits per heavy atom. The average Bonchev–Trinajstić information content (AvgIpc) is 2.58. The fraction of sp³-hybridized carbons (Fsp3) is 0.300. The molecule has 0 aliphatic rings. The number of nitrogens with zero attached hydrogens (tertiary/aromatic N) is 3. The summed E-state index contributed by atoms with van der Waals surface area (Å²) in [5, 5.41) is 0. The normalized spacial score (nSPS) is 10.6. The van der Waals surface area contributed by atoms with E-state index in [1.807, 2.05) is 32.9 Å². The first kappa shape index (κ1) is 20.1. The summed E-state index contributed by atoms with van der Waals surface area (Å²) >= 11 is 0. The van der Waals surface area contributed by atoms with Crippen molar-refractivity contribution in [2.75, 3.05) is 0 Å². The number of hydrogen-bond acceptors (Lipinski definition) is 4. The van der Waals surface area contributed by atoms with Crippen LogP contribution in [0.4, 0.5) is 0 Å². The number of benzene rings is 1. The van der Waals surface area contributed by atoms with Crippen molar-refractivity contribution in [3.8, 4) is 0 Å². The van der Waals surface area contributed by atoms with Gasteiger partial charge in [0, 0.05) is 5.56 Å². The zero-order valence-electron chi connectivity index (χ0n) is 15.8. The van der Waals surface area contributed by atoms with E-state index in [0.29, 0.717) is 5.56 Å². The molecular formula is C20H23N3O4. The summed E-state index contributed by atoms with van der Waals surface area (Å²) in [6.07, 6.45) is 2.76. The van der Waals surface area contributed by atoms with Gasteiger partial charge in [0.2, 0.25) is 0 Å². The van der Waals surface area contributed by atoms with Gasteiger partial charge in [-0.25, -0.2) is 28.1 Å². The van der Waals surface area contributed by atoms with E-state index in [2.05, 4.69) is 13.2 Å². The fourth-order valence-corrected chi connectivity index (χ4v) is 3.23. The third-order valence-corrected chi connectivity index (χ3v) is 4.27. The van der Waals surface area contributed by atoms with Crippen molar-refractivity contribution in [3.63, 3.8) is 0 Å². The number of hydrogen-bond donors (Lipinski definition) is 0. The maximum Gasteiger partial charge on any atom is 0.337 e. The highest BCUT2D eigenvalue weighted by Crippen LogP contribution is 2.17. The van der Waals surface area contributed by atoms with Crippen molar-refractivity contribution in [2.24, 2.45) is 0 Å². The van der Waals surface area contributed by atoms with Gasteiger partial charge in [-0.2, -0.15) is 0 Å². The van der Waals surface area contributed by atoms with Crippen LogP contribution in [0.5, 0.6) is 0 Å². The van der Waals surface area contributed by atoms with Gasteiger partial charge in [-0.15, -0.1) is 13.2 Å². The van der Waals surface area contributed by atoms with Gasteiger partial charge >= 0.3 is 17.1 Å². The lowest BCUT2D eigenvalue weighted by molar-refractivity contribution is 0.0965. The minimum Gasteiger partial charge on any atom is -0.292 e. The number of Topliss-reactive ketones (excluding diaryl/α,β-unsaturated/α-hetero) is 1. The number of ketones is 1. The molecule has 0 aliphatic carbocycles. The van der Waals surface area contributed by atoms with Crippen LogP contribution in [0.25, 0.3) is 0 Å². The zero-order chi connectivity index (χ0) is 20.3. The van der Waals surface area contributed by atoms with Crippen molar-refractivity contribution >= 4 is 5.78 Å². The standard InChI is InChI=1S/C20H23N3O4/c1-6-8-21-18(25)22(9-7-2)20(27)23(19(21)26)12-16(24)17-14(4)10-13(3)11-15(17)5/h6-7,10-11H,1-2,8-9,12H2,3-5H3. The van der Waals surface area contributed by atoms with E-state index in [4.69, 9.17) is 0 Å². The molecule has 1 heterocycles. The van der Waals surface area contributed by atoms with Crippen LogP contribution in [0, 0.1) is 20.8 Å². The lowest BCUT2D eigenvalue weighted by Gasteiger charge is -2.14. The Bertz CT molecular complexity index is 1030. The van der Waals surface area contributed by atoms with E-state index in [1.54, 1.807) is 0 Å². The molecule has 0 N–H and O–H groups in total. The summed E-state index contributed by atoms with van der Waals surface area (Å²) in [5.74, 6) is -0.363. The number of aromatic nitrogens is 3. The number of allylic oxidation sites excluding steroid dienone is 2. The van der Waals surface area contributed by atoms with Crippen LogP contribution in [-0.4, -0.2) is 19.5 Å². The topological polar surface area (TPSA) is 83.1 Å². The number of carbonyl (C=O) groups excluding carboxylic acids is 1. The quantitative estimate of drug-likeness (QED) is 0.545. The van der Waals surface area contributed by atoms with Crippen molar-refractivity contribution in [1.82, 2.24) is 13.7 Å². The molecule has 0 saturated carbocycles. The predicted octanol–water partition coefficient (Wildman–Crippen LogP) is 1.35. The van der Waals surface area contributed by atoms with Crippen LogP contribution in [0.3, 0.4) is 0 Å². The minimum atomic E-state index is -0.832. The summed E-state index contributed by atoms with van der Waals surface area (Å²) in [4.78, 5) is 50.5. The molecule has 7 heteroatoms. The molecule has 27 heavy (non-hydrogen) atoms. The molecule has 0 fully saturated rings. The molecule has 0 atom stereocenters. The summed E-state index contributed by atoms with van der Waals surface area (Å²) in [6, 6.07) is 3.75. The Hall–Kier alpha value is -3.22. The van der Waals surface area contributed by atoms with E-state index in [1.165, 1.54) is 12.2 Å².